The molecule has 3 heteroatoms. The van der Waals surface area contributed by atoms with Crippen LogP contribution in [0.3, 0.4) is 0 Å². The van der Waals surface area contributed by atoms with E-state index in [4.69, 9.17) is 14.4 Å². The third-order valence-electron chi connectivity index (χ3n) is 9.07. The first-order chi connectivity index (χ1) is 24.6. The quantitative estimate of drug-likeness (QED) is 0.126. The van der Waals surface area contributed by atoms with Crippen molar-refractivity contribution in [2.24, 2.45) is 9.98 Å². The van der Waals surface area contributed by atoms with Crippen molar-refractivity contribution >= 4 is 39.2 Å². The zero-order valence-corrected chi connectivity index (χ0v) is 27.8. The Kier molecular flexibility index (Phi) is 8.30. The number of fused-ring (bicyclic) bond motifs is 3. The number of furan rings is 1. The van der Waals surface area contributed by atoms with E-state index in [-0.39, 0.29) is 0 Å². The van der Waals surface area contributed by atoms with Gasteiger partial charge >= 0.3 is 0 Å². The van der Waals surface area contributed by atoms with Crippen LogP contribution >= 0.6 is 0 Å². The Morgan fingerprint density at radius 1 is 0.460 bits per heavy atom. The van der Waals surface area contributed by atoms with Crippen LogP contribution in [0.15, 0.2) is 197 Å². The van der Waals surface area contributed by atoms with Crippen LogP contribution < -0.4 is 0 Å². The molecule has 0 unspecified atom stereocenters. The van der Waals surface area contributed by atoms with Gasteiger partial charge < -0.3 is 4.42 Å². The summed E-state index contributed by atoms with van der Waals surface area (Å²) in [5.41, 5.74) is 12.9. The van der Waals surface area contributed by atoms with Gasteiger partial charge in [-0.1, -0.05) is 164 Å². The standard InChI is InChI=1S/C47H34N2O/c1-32(34-14-6-3-7-15-34)48-47(38-18-10-5-11-19-38)49-33(2)39-28-29-43-44-23-13-22-42(46(44)50-45(43)31-39)37-26-24-36(25-27-37)41-21-12-20-40(30-41)35-16-8-4-9-17-35/h3-31H,2H2,1H3/b48-32+,49-47-. The molecule has 0 amide bonds. The van der Waals surface area contributed by atoms with Gasteiger partial charge in [0.2, 0.25) is 0 Å². The second-order valence-corrected chi connectivity index (χ2v) is 12.3. The average Bonchev–Trinajstić information content (AvgIpc) is 3.57. The predicted molar refractivity (Wildman–Crippen MR) is 211 cm³/mol. The van der Waals surface area contributed by atoms with Crippen molar-refractivity contribution < 1.29 is 4.42 Å². The number of amidine groups is 1. The first kappa shape index (κ1) is 30.7. The molecular weight excluding hydrogens is 609 g/mol. The maximum atomic E-state index is 6.60. The van der Waals surface area contributed by atoms with Crippen molar-refractivity contribution in [1.82, 2.24) is 0 Å². The predicted octanol–water partition coefficient (Wildman–Crippen LogP) is 12.5. The fourth-order valence-corrected chi connectivity index (χ4v) is 6.39. The highest BCUT2D eigenvalue weighted by atomic mass is 16.3. The molecule has 0 aliphatic rings. The molecule has 0 fully saturated rings. The fourth-order valence-electron chi connectivity index (χ4n) is 6.39. The van der Waals surface area contributed by atoms with Crippen molar-refractivity contribution in [3.63, 3.8) is 0 Å². The lowest BCUT2D eigenvalue weighted by molar-refractivity contribution is 0.670. The zero-order chi connectivity index (χ0) is 33.9. The van der Waals surface area contributed by atoms with Crippen molar-refractivity contribution in [3.05, 3.63) is 199 Å². The molecule has 238 valence electrons. The first-order valence-corrected chi connectivity index (χ1v) is 16.8. The first-order valence-electron chi connectivity index (χ1n) is 16.8. The molecular formula is C47H34N2O. The van der Waals surface area contributed by atoms with Crippen LogP contribution in [0.5, 0.6) is 0 Å². The minimum absolute atomic E-state index is 0.610. The lowest BCUT2D eigenvalue weighted by Gasteiger charge is -2.08. The molecule has 0 radical (unpaired) electrons. The van der Waals surface area contributed by atoms with E-state index in [1.165, 1.54) is 22.3 Å². The van der Waals surface area contributed by atoms with Gasteiger partial charge in [-0.15, -0.1) is 0 Å². The summed E-state index contributed by atoms with van der Waals surface area (Å²) in [5, 5.41) is 2.13. The van der Waals surface area contributed by atoms with E-state index in [0.29, 0.717) is 11.5 Å². The number of benzene rings is 7. The van der Waals surface area contributed by atoms with Crippen LogP contribution in [-0.4, -0.2) is 11.5 Å². The van der Waals surface area contributed by atoms with Crippen molar-refractivity contribution in [2.75, 3.05) is 0 Å². The molecule has 1 aromatic heterocycles. The number of para-hydroxylation sites is 1. The van der Waals surface area contributed by atoms with Crippen LogP contribution in [0.4, 0.5) is 0 Å². The van der Waals surface area contributed by atoms with E-state index in [1.807, 2.05) is 67.6 Å². The Morgan fingerprint density at radius 2 is 1.04 bits per heavy atom. The minimum atomic E-state index is 0.610. The second kappa shape index (κ2) is 13.5. The Morgan fingerprint density at radius 3 is 1.74 bits per heavy atom. The Balaban J connectivity index is 1.12. The molecule has 0 saturated carbocycles. The molecule has 0 atom stereocenters. The van der Waals surface area contributed by atoms with Gasteiger partial charge in [-0.2, -0.15) is 0 Å². The van der Waals surface area contributed by atoms with Crippen molar-refractivity contribution in [2.45, 2.75) is 6.92 Å². The van der Waals surface area contributed by atoms with Gasteiger partial charge in [0.05, 0.1) is 5.70 Å². The third-order valence-corrected chi connectivity index (χ3v) is 9.07. The van der Waals surface area contributed by atoms with Crippen LogP contribution in [0.2, 0.25) is 0 Å². The molecule has 8 aromatic rings. The Labute approximate surface area is 292 Å². The number of hydrogen-bond donors (Lipinski definition) is 0. The van der Waals surface area contributed by atoms with Gasteiger partial charge in [-0.25, -0.2) is 9.98 Å². The van der Waals surface area contributed by atoms with Gasteiger partial charge in [0, 0.05) is 33.2 Å². The lowest BCUT2D eigenvalue weighted by Crippen LogP contribution is -2.04. The van der Waals surface area contributed by atoms with Gasteiger partial charge in [-0.05, 0) is 58.5 Å². The Bertz CT molecular complexity index is 2530. The molecule has 0 saturated heterocycles. The molecule has 0 bridgehead atoms. The summed E-state index contributed by atoms with van der Waals surface area (Å²) in [6.07, 6.45) is 0. The molecule has 50 heavy (non-hydrogen) atoms. The van der Waals surface area contributed by atoms with Gasteiger partial charge in [0.15, 0.2) is 5.84 Å². The molecule has 1 heterocycles. The fraction of sp³-hybridized carbons (Fsp3) is 0.0213. The SMILES string of the molecule is C=C(/N=C(\N=C(/C)c1ccccc1)c1ccccc1)c1ccc2c(c1)oc1c(-c3ccc(-c4cccc(-c5ccccc5)c4)cc3)cccc12. The summed E-state index contributed by atoms with van der Waals surface area (Å²) in [4.78, 5) is 9.91. The molecule has 0 N–H and O–H groups in total. The highest BCUT2D eigenvalue weighted by molar-refractivity contribution is 6.13. The minimum Gasteiger partial charge on any atom is -0.455 e. The summed E-state index contributed by atoms with van der Waals surface area (Å²) >= 11 is 0. The topological polar surface area (TPSA) is 37.9 Å². The van der Waals surface area contributed by atoms with Crippen LogP contribution in [-0.2, 0) is 0 Å². The molecule has 0 aliphatic heterocycles. The Hall–Kier alpha value is -6.58. The van der Waals surface area contributed by atoms with Gasteiger partial charge in [-0.3, -0.25) is 0 Å². The summed E-state index contributed by atoms with van der Waals surface area (Å²) in [5.74, 6) is 0.610. The smallest absolute Gasteiger partial charge is 0.160 e. The monoisotopic (exact) mass is 642 g/mol. The van der Waals surface area contributed by atoms with E-state index in [9.17, 15) is 0 Å². The van der Waals surface area contributed by atoms with Crippen LogP contribution in [0.1, 0.15) is 23.6 Å². The average molecular weight is 643 g/mol. The second-order valence-electron chi connectivity index (χ2n) is 12.3. The highest BCUT2D eigenvalue weighted by Gasteiger charge is 2.14. The molecule has 0 aliphatic carbocycles. The van der Waals surface area contributed by atoms with E-state index in [0.717, 1.165) is 55.5 Å². The summed E-state index contributed by atoms with van der Waals surface area (Å²) < 4.78 is 6.60. The van der Waals surface area contributed by atoms with E-state index in [2.05, 4.69) is 122 Å². The number of aliphatic imine (C=N–C) groups is 2. The van der Waals surface area contributed by atoms with E-state index in [1.54, 1.807) is 0 Å². The van der Waals surface area contributed by atoms with Crippen molar-refractivity contribution in [1.29, 1.82) is 0 Å². The van der Waals surface area contributed by atoms with Gasteiger partial charge in [0.1, 0.15) is 11.2 Å². The maximum Gasteiger partial charge on any atom is 0.160 e. The van der Waals surface area contributed by atoms with Crippen molar-refractivity contribution in [3.8, 4) is 33.4 Å². The third kappa shape index (κ3) is 6.21. The largest absolute Gasteiger partial charge is 0.455 e. The molecule has 0 spiro atoms. The number of hydrogen-bond acceptors (Lipinski definition) is 2. The van der Waals surface area contributed by atoms with E-state index >= 15 is 0 Å². The van der Waals surface area contributed by atoms with Gasteiger partial charge in [0.25, 0.3) is 0 Å². The maximum absolute atomic E-state index is 6.60. The summed E-state index contributed by atoms with van der Waals surface area (Å²) in [6, 6.07) is 60.6. The summed E-state index contributed by atoms with van der Waals surface area (Å²) in [6.45, 7) is 6.36. The summed E-state index contributed by atoms with van der Waals surface area (Å²) in [7, 11) is 0. The zero-order valence-electron chi connectivity index (χ0n) is 27.8. The molecule has 7 aromatic carbocycles. The molecule has 3 nitrogen and oxygen atoms in total. The lowest BCUT2D eigenvalue weighted by atomic mass is 9.96. The highest BCUT2D eigenvalue weighted by Crippen LogP contribution is 2.38. The van der Waals surface area contributed by atoms with Crippen LogP contribution in [0, 0.1) is 0 Å². The normalized spacial score (nSPS) is 12.0. The number of nitrogens with zero attached hydrogens (tertiary/aromatic N) is 2. The van der Waals surface area contributed by atoms with E-state index < -0.39 is 0 Å². The van der Waals surface area contributed by atoms with Crippen LogP contribution in [0.25, 0.3) is 61.0 Å². The molecule has 8 rings (SSSR count). The number of rotatable bonds is 7.